The molecule has 5 nitrogen and oxygen atoms in total. The molecule has 0 heterocycles. The van der Waals surface area contributed by atoms with Gasteiger partial charge in [0.1, 0.15) is 11.9 Å². The van der Waals surface area contributed by atoms with Crippen molar-refractivity contribution in [3.8, 4) is 5.75 Å². The summed E-state index contributed by atoms with van der Waals surface area (Å²) in [6.07, 6.45) is -3.22. The number of aromatic hydroxyl groups is 1. The molecule has 0 saturated heterocycles. The molecule has 88 valence electrons. The number of methoxy groups -OCH3 is 1. The Kier molecular flexibility index (Phi) is 3.87. The first-order valence-corrected chi connectivity index (χ1v) is 4.71. The van der Waals surface area contributed by atoms with E-state index >= 15 is 0 Å². The molecule has 3 N–H and O–H groups in total. The van der Waals surface area contributed by atoms with E-state index in [9.17, 15) is 20.1 Å². The molecular formula is C11H14O5. The fourth-order valence-corrected chi connectivity index (χ4v) is 1.33. The third-order valence-corrected chi connectivity index (χ3v) is 2.24. The Morgan fingerprint density at radius 3 is 2.56 bits per heavy atom. The lowest BCUT2D eigenvalue weighted by atomic mass is 10.0. The SMILES string of the molecule is COC(=O)C(O)C(O)c1cc(C)ccc1O. The molecule has 0 radical (unpaired) electrons. The number of hydrogen-bond donors (Lipinski definition) is 3. The number of benzene rings is 1. The Bertz CT molecular complexity index is 388. The standard InChI is InChI=1S/C11H14O5/c1-6-3-4-8(12)7(5-6)9(13)10(14)11(15)16-2/h3-5,9-10,12-14H,1-2H3. The molecular weight excluding hydrogens is 212 g/mol. The van der Waals surface area contributed by atoms with Gasteiger partial charge in [0.15, 0.2) is 6.10 Å². The van der Waals surface area contributed by atoms with Crippen LogP contribution in [0.4, 0.5) is 0 Å². The van der Waals surface area contributed by atoms with Crippen molar-refractivity contribution >= 4 is 5.97 Å². The van der Waals surface area contributed by atoms with Gasteiger partial charge in [0.25, 0.3) is 0 Å². The molecule has 0 spiro atoms. The second-order valence-corrected chi connectivity index (χ2v) is 3.48. The van der Waals surface area contributed by atoms with Gasteiger partial charge in [-0.1, -0.05) is 11.6 Å². The van der Waals surface area contributed by atoms with Crippen molar-refractivity contribution in [1.82, 2.24) is 0 Å². The number of hydrogen-bond acceptors (Lipinski definition) is 5. The average Bonchev–Trinajstić information content (AvgIpc) is 2.29. The molecule has 0 aliphatic rings. The van der Waals surface area contributed by atoms with E-state index < -0.39 is 18.2 Å². The van der Waals surface area contributed by atoms with Gasteiger partial charge in [-0.3, -0.25) is 0 Å². The molecule has 2 unspecified atom stereocenters. The predicted molar refractivity (Wildman–Crippen MR) is 55.8 cm³/mol. The summed E-state index contributed by atoms with van der Waals surface area (Å²) in [6, 6.07) is 4.53. The molecule has 0 amide bonds. The van der Waals surface area contributed by atoms with Gasteiger partial charge in [0.05, 0.1) is 7.11 Å². The van der Waals surface area contributed by atoms with Crippen LogP contribution in [0.2, 0.25) is 0 Å². The van der Waals surface area contributed by atoms with Gasteiger partial charge in [-0.25, -0.2) is 4.79 Å². The first-order chi connectivity index (χ1) is 7.47. The minimum Gasteiger partial charge on any atom is -0.508 e. The molecule has 16 heavy (non-hydrogen) atoms. The van der Waals surface area contributed by atoms with Crippen LogP contribution in [0.25, 0.3) is 0 Å². The van der Waals surface area contributed by atoms with E-state index in [4.69, 9.17) is 0 Å². The number of esters is 1. The fraction of sp³-hybridized carbons (Fsp3) is 0.364. The maximum absolute atomic E-state index is 11.0. The summed E-state index contributed by atoms with van der Waals surface area (Å²) in [5.74, 6) is -1.13. The van der Waals surface area contributed by atoms with Gasteiger partial charge < -0.3 is 20.1 Å². The molecule has 0 aliphatic carbocycles. The zero-order chi connectivity index (χ0) is 12.3. The molecule has 0 saturated carbocycles. The van der Waals surface area contributed by atoms with Crippen LogP contribution < -0.4 is 0 Å². The Balaban J connectivity index is 2.99. The van der Waals surface area contributed by atoms with Crippen LogP contribution in [0.1, 0.15) is 17.2 Å². The minimum atomic E-state index is -1.71. The highest BCUT2D eigenvalue weighted by Crippen LogP contribution is 2.27. The van der Waals surface area contributed by atoms with Crippen LogP contribution in [0, 0.1) is 6.92 Å². The number of aliphatic hydroxyl groups is 2. The second-order valence-electron chi connectivity index (χ2n) is 3.48. The molecule has 0 bridgehead atoms. The number of carbonyl (C=O) groups is 1. The Morgan fingerprint density at radius 1 is 1.38 bits per heavy atom. The lowest BCUT2D eigenvalue weighted by molar-refractivity contribution is -0.156. The molecule has 0 aromatic heterocycles. The zero-order valence-corrected chi connectivity index (χ0v) is 9.04. The van der Waals surface area contributed by atoms with E-state index in [1.807, 2.05) is 0 Å². The van der Waals surface area contributed by atoms with E-state index in [-0.39, 0.29) is 11.3 Å². The van der Waals surface area contributed by atoms with Gasteiger partial charge in [0, 0.05) is 5.56 Å². The summed E-state index contributed by atoms with van der Waals surface area (Å²) in [4.78, 5) is 11.0. The monoisotopic (exact) mass is 226 g/mol. The summed E-state index contributed by atoms with van der Waals surface area (Å²) < 4.78 is 4.29. The van der Waals surface area contributed by atoms with Crippen molar-refractivity contribution in [2.45, 2.75) is 19.1 Å². The number of phenols is 1. The maximum atomic E-state index is 11.0. The predicted octanol–water partition coefficient (Wildman–Crippen LogP) is 0.268. The smallest absolute Gasteiger partial charge is 0.337 e. The van der Waals surface area contributed by atoms with E-state index in [1.54, 1.807) is 13.0 Å². The molecule has 1 rings (SSSR count). The lowest BCUT2D eigenvalue weighted by Gasteiger charge is -2.17. The van der Waals surface area contributed by atoms with E-state index in [0.717, 1.165) is 12.7 Å². The number of phenolic OH excluding ortho intramolecular Hbond substituents is 1. The molecule has 0 aliphatic heterocycles. The van der Waals surface area contributed by atoms with Crippen molar-refractivity contribution in [1.29, 1.82) is 0 Å². The van der Waals surface area contributed by atoms with E-state index in [1.165, 1.54) is 12.1 Å². The van der Waals surface area contributed by atoms with Gasteiger partial charge >= 0.3 is 5.97 Å². The molecule has 0 fully saturated rings. The number of rotatable bonds is 3. The Hall–Kier alpha value is -1.59. The van der Waals surface area contributed by atoms with Crippen molar-refractivity contribution in [3.05, 3.63) is 29.3 Å². The topological polar surface area (TPSA) is 87.0 Å². The van der Waals surface area contributed by atoms with E-state index in [2.05, 4.69) is 4.74 Å². The molecule has 1 aromatic rings. The molecule has 2 atom stereocenters. The number of carbonyl (C=O) groups excluding carboxylic acids is 1. The minimum absolute atomic E-state index is 0.0953. The highest BCUT2D eigenvalue weighted by molar-refractivity contribution is 5.75. The number of ether oxygens (including phenoxy) is 1. The highest BCUT2D eigenvalue weighted by Gasteiger charge is 2.28. The maximum Gasteiger partial charge on any atom is 0.337 e. The number of aryl methyl sites for hydroxylation is 1. The van der Waals surface area contributed by atoms with Gasteiger partial charge in [-0.2, -0.15) is 0 Å². The van der Waals surface area contributed by atoms with E-state index in [0.29, 0.717) is 0 Å². The Labute approximate surface area is 92.9 Å². The normalized spacial score (nSPS) is 14.2. The van der Waals surface area contributed by atoms with Gasteiger partial charge in [-0.15, -0.1) is 0 Å². The third-order valence-electron chi connectivity index (χ3n) is 2.24. The van der Waals surface area contributed by atoms with Crippen molar-refractivity contribution < 1.29 is 24.9 Å². The van der Waals surface area contributed by atoms with Crippen LogP contribution >= 0.6 is 0 Å². The van der Waals surface area contributed by atoms with Crippen LogP contribution in [-0.4, -0.2) is 34.5 Å². The average molecular weight is 226 g/mol. The largest absolute Gasteiger partial charge is 0.508 e. The Morgan fingerprint density at radius 2 is 2.00 bits per heavy atom. The van der Waals surface area contributed by atoms with Crippen LogP contribution in [0.3, 0.4) is 0 Å². The zero-order valence-electron chi connectivity index (χ0n) is 9.04. The summed E-state index contributed by atoms with van der Waals surface area (Å²) in [7, 11) is 1.11. The van der Waals surface area contributed by atoms with Gasteiger partial charge in [0.2, 0.25) is 0 Å². The number of aliphatic hydroxyl groups excluding tert-OH is 2. The summed E-state index contributed by atoms with van der Waals surface area (Å²) >= 11 is 0. The quantitative estimate of drug-likeness (QED) is 0.644. The van der Waals surface area contributed by atoms with Crippen LogP contribution in [0.5, 0.6) is 5.75 Å². The highest BCUT2D eigenvalue weighted by atomic mass is 16.5. The summed E-state index contributed by atoms with van der Waals surface area (Å²) in [5, 5.41) is 28.6. The van der Waals surface area contributed by atoms with Crippen molar-refractivity contribution in [2.75, 3.05) is 7.11 Å². The summed E-state index contributed by atoms with van der Waals surface area (Å²) in [6.45, 7) is 1.76. The van der Waals surface area contributed by atoms with Gasteiger partial charge in [-0.05, 0) is 19.1 Å². The van der Waals surface area contributed by atoms with Crippen LogP contribution in [-0.2, 0) is 9.53 Å². The second kappa shape index (κ2) is 4.96. The van der Waals surface area contributed by atoms with Crippen LogP contribution in [0.15, 0.2) is 18.2 Å². The fourth-order valence-electron chi connectivity index (χ4n) is 1.33. The first-order valence-electron chi connectivity index (χ1n) is 4.71. The first kappa shape index (κ1) is 12.5. The third kappa shape index (κ3) is 2.50. The lowest BCUT2D eigenvalue weighted by Crippen LogP contribution is -2.29. The molecule has 1 aromatic carbocycles. The molecule has 5 heteroatoms. The summed E-state index contributed by atoms with van der Waals surface area (Å²) in [5.41, 5.74) is 0.891. The van der Waals surface area contributed by atoms with Crippen molar-refractivity contribution in [2.24, 2.45) is 0 Å². The van der Waals surface area contributed by atoms with Crippen molar-refractivity contribution in [3.63, 3.8) is 0 Å².